The van der Waals surface area contributed by atoms with Crippen LogP contribution in [0.2, 0.25) is 5.02 Å². The van der Waals surface area contributed by atoms with E-state index < -0.39 is 0 Å². The fraction of sp³-hybridized carbons (Fsp3) is 0.250. The fourth-order valence-corrected chi connectivity index (χ4v) is 3.79. The molecule has 0 saturated carbocycles. The number of halogens is 2. The van der Waals surface area contributed by atoms with E-state index in [0.29, 0.717) is 21.7 Å². The molecule has 1 unspecified atom stereocenters. The van der Waals surface area contributed by atoms with Gasteiger partial charge < -0.3 is 14.6 Å². The van der Waals surface area contributed by atoms with Crippen molar-refractivity contribution in [1.82, 2.24) is 14.8 Å². The minimum absolute atomic E-state index is 0.135. The van der Waals surface area contributed by atoms with Crippen molar-refractivity contribution in [3.05, 3.63) is 63.3 Å². The first-order valence-electron chi connectivity index (χ1n) is 8.84. The number of benzene rings is 2. The van der Waals surface area contributed by atoms with Gasteiger partial charge >= 0.3 is 0 Å². The Morgan fingerprint density at radius 1 is 1.28 bits per heavy atom. The van der Waals surface area contributed by atoms with Crippen LogP contribution in [-0.2, 0) is 11.8 Å². The highest BCUT2D eigenvalue weighted by atomic mass is 79.9. The summed E-state index contributed by atoms with van der Waals surface area (Å²) in [5, 5.41) is 12.6. The van der Waals surface area contributed by atoms with E-state index in [1.807, 2.05) is 55.8 Å². The number of ether oxygens (including phenoxy) is 1. The number of nitrogens with zero attached hydrogens (tertiary/aromatic N) is 3. The Labute approximate surface area is 187 Å². The van der Waals surface area contributed by atoms with Crippen LogP contribution >= 0.6 is 39.3 Å². The highest BCUT2D eigenvalue weighted by Gasteiger charge is 2.18. The first-order valence-corrected chi connectivity index (χ1v) is 11.0. The summed E-state index contributed by atoms with van der Waals surface area (Å²) in [6.45, 7) is 3.78. The Kier molecular flexibility index (Phi) is 7.21. The molecular weight excluding hydrogens is 476 g/mol. The molecule has 0 aliphatic rings. The Bertz CT molecular complexity index is 1010. The van der Waals surface area contributed by atoms with Gasteiger partial charge in [0.1, 0.15) is 5.75 Å². The normalized spacial score (nSPS) is 11.9. The first-order chi connectivity index (χ1) is 13.8. The maximum absolute atomic E-state index is 12.3. The zero-order valence-electron chi connectivity index (χ0n) is 16.1. The summed E-state index contributed by atoms with van der Waals surface area (Å²) in [4.78, 5) is 12.3. The molecule has 1 N–H and O–H groups in total. The summed E-state index contributed by atoms with van der Waals surface area (Å²) < 4.78 is 8.76. The predicted octanol–water partition coefficient (Wildman–Crippen LogP) is 5.41. The van der Waals surface area contributed by atoms with Crippen LogP contribution in [0, 0.1) is 6.92 Å². The van der Waals surface area contributed by atoms with Gasteiger partial charge in [-0.25, -0.2) is 0 Å². The summed E-state index contributed by atoms with van der Waals surface area (Å²) in [5.74, 6) is 1.50. The third-order valence-electron chi connectivity index (χ3n) is 4.23. The predicted molar refractivity (Wildman–Crippen MR) is 120 cm³/mol. The smallest absolute Gasteiger partial charge is 0.234 e. The van der Waals surface area contributed by atoms with Crippen LogP contribution in [0.1, 0.15) is 24.4 Å². The average molecular weight is 496 g/mol. The van der Waals surface area contributed by atoms with Crippen molar-refractivity contribution in [2.24, 2.45) is 7.05 Å². The molecule has 0 aliphatic heterocycles. The number of hydrogen-bond donors (Lipinski definition) is 1. The second-order valence-corrected chi connectivity index (χ2v) is 8.63. The Morgan fingerprint density at radius 3 is 2.72 bits per heavy atom. The van der Waals surface area contributed by atoms with Gasteiger partial charge in [-0.3, -0.25) is 4.79 Å². The molecule has 0 fully saturated rings. The number of hydrogen-bond acceptors (Lipinski definition) is 5. The summed E-state index contributed by atoms with van der Waals surface area (Å²) in [5.41, 5.74) is 1.55. The Hall–Kier alpha value is -2.03. The van der Waals surface area contributed by atoms with Crippen LogP contribution < -0.4 is 10.1 Å². The number of rotatable bonds is 7. The van der Waals surface area contributed by atoms with E-state index in [1.165, 1.54) is 11.8 Å². The zero-order valence-corrected chi connectivity index (χ0v) is 19.3. The topological polar surface area (TPSA) is 69.0 Å². The maximum Gasteiger partial charge on any atom is 0.234 e. The molecule has 1 heterocycles. The maximum atomic E-state index is 12.3. The van der Waals surface area contributed by atoms with Crippen LogP contribution in [-0.4, -0.2) is 26.4 Å². The van der Waals surface area contributed by atoms with Gasteiger partial charge in [0.2, 0.25) is 5.91 Å². The third kappa shape index (κ3) is 5.52. The van der Waals surface area contributed by atoms with E-state index >= 15 is 0 Å². The van der Waals surface area contributed by atoms with Crippen molar-refractivity contribution >= 4 is 50.9 Å². The van der Waals surface area contributed by atoms with Gasteiger partial charge in [-0.2, -0.15) is 0 Å². The van der Waals surface area contributed by atoms with E-state index in [2.05, 4.69) is 31.4 Å². The minimum Gasteiger partial charge on any atom is -0.483 e. The number of anilines is 1. The van der Waals surface area contributed by atoms with Gasteiger partial charge in [-0.05, 0) is 55.8 Å². The molecule has 0 radical (unpaired) electrons. The van der Waals surface area contributed by atoms with Crippen molar-refractivity contribution in [3.8, 4) is 5.75 Å². The second-order valence-electron chi connectivity index (χ2n) is 6.36. The molecule has 3 rings (SSSR count). The molecule has 0 saturated heterocycles. The third-order valence-corrected chi connectivity index (χ3v) is 6.19. The molecule has 9 heteroatoms. The van der Waals surface area contributed by atoms with Crippen molar-refractivity contribution in [2.45, 2.75) is 25.1 Å². The number of aromatic nitrogens is 3. The molecule has 0 bridgehead atoms. The molecule has 0 aliphatic carbocycles. The molecule has 1 amide bonds. The van der Waals surface area contributed by atoms with Crippen molar-refractivity contribution in [3.63, 3.8) is 0 Å². The zero-order chi connectivity index (χ0) is 21.0. The largest absolute Gasteiger partial charge is 0.483 e. The van der Waals surface area contributed by atoms with Crippen LogP contribution in [0.3, 0.4) is 0 Å². The van der Waals surface area contributed by atoms with Gasteiger partial charge in [0.25, 0.3) is 0 Å². The summed E-state index contributed by atoms with van der Waals surface area (Å²) in [7, 11) is 1.86. The van der Waals surface area contributed by atoms with E-state index in [9.17, 15) is 4.79 Å². The molecule has 3 aromatic rings. The monoisotopic (exact) mass is 494 g/mol. The van der Waals surface area contributed by atoms with Gasteiger partial charge in [0.05, 0.1) is 5.75 Å². The lowest BCUT2D eigenvalue weighted by molar-refractivity contribution is -0.113. The van der Waals surface area contributed by atoms with E-state index in [0.717, 1.165) is 15.8 Å². The lowest BCUT2D eigenvalue weighted by atomic mass is 10.2. The quantitative estimate of drug-likeness (QED) is 0.444. The number of nitrogens with one attached hydrogen (secondary N) is 1. The SMILES string of the molecule is Cc1c(Cl)cccc1NC(=O)CSc1nnc(C(C)Oc2ccc(Br)cc2)n1C. The first kappa shape index (κ1) is 21.7. The Morgan fingerprint density at radius 2 is 2.00 bits per heavy atom. The number of carbonyl (C=O) groups is 1. The van der Waals surface area contributed by atoms with Crippen LogP contribution in [0.25, 0.3) is 0 Å². The van der Waals surface area contributed by atoms with Crippen molar-refractivity contribution in [1.29, 1.82) is 0 Å². The lowest BCUT2D eigenvalue weighted by Gasteiger charge is -2.14. The highest BCUT2D eigenvalue weighted by Crippen LogP contribution is 2.26. The molecule has 1 atom stereocenters. The molecule has 29 heavy (non-hydrogen) atoms. The van der Waals surface area contributed by atoms with Gasteiger partial charge in [-0.15, -0.1) is 10.2 Å². The van der Waals surface area contributed by atoms with E-state index in [-0.39, 0.29) is 17.8 Å². The molecule has 6 nitrogen and oxygen atoms in total. The molecular formula is C20H20BrClN4O2S. The standard InChI is InChI=1S/C20H20BrClN4O2S/c1-12-16(22)5-4-6-17(12)23-18(27)11-29-20-25-24-19(26(20)3)13(2)28-15-9-7-14(21)8-10-15/h4-10,13H,11H2,1-3H3,(H,23,27). The minimum atomic E-state index is -0.286. The molecule has 0 spiro atoms. The molecule has 2 aromatic carbocycles. The summed E-state index contributed by atoms with van der Waals surface area (Å²) in [6, 6.07) is 13.0. The summed E-state index contributed by atoms with van der Waals surface area (Å²) >= 11 is 10.8. The lowest BCUT2D eigenvalue weighted by Crippen LogP contribution is -2.15. The number of amides is 1. The van der Waals surface area contributed by atoms with Crippen molar-refractivity contribution < 1.29 is 9.53 Å². The second kappa shape index (κ2) is 9.65. The average Bonchev–Trinajstić information content (AvgIpc) is 3.06. The molecule has 152 valence electrons. The number of carbonyl (C=O) groups excluding carboxylic acids is 1. The fourth-order valence-electron chi connectivity index (χ4n) is 2.64. The van der Waals surface area contributed by atoms with Crippen molar-refractivity contribution in [2.75, 3.05) is 11.1 Å². The van der Waals surface area contributed by atoms with E-state index in [1.54, 1.807) is 12.1 Å². The molecule has 1 aromatic heterocycles. The van der Waals surface area contributed by atoms with Gasteiger partial charge in [0.15, 0.2) is 17.1 Å². The summed E-state index contributed by atoms with van der Waals surface area (Å²) in [6.07, 6.45) is -0.286. The van der Waals surface area contributed by atoms with Gasteiger partial charge in [-0.1, -0.05) is 45.4 Å². The van der Waals surface area contributed by atoms with Gasteiger partial charge in [0, 0.05) is 22.2 Å². The van der Waals surface area contributed by atoms with Crippen LogP contribution in [0.4, 0.5) is 5.69 Å². The van der Waals surface area contributed by atoms with E-state index in [4.69, 9.17) is 16.3 Å². The highest BCUT2D eigenvalue weighted by molar-refractivity contribution is 9.10. The van der Waals surface area contributed by atoms with Crippen LogP contribution in [0.15, 0.2) is 52.1 Å². The number of thioether (sulfide) groups is 1. The Balaban J connectivity index is 1.59. The van der Waals surface area contributed by atoms with Crippen LogP contribution in [0.5, 0.6) is 5.75 Å².